The van der Waals surface area contributed by atoms with Gasteiger partial charge in [-0.2, -0.15) is 0 Å². The number of hydrogen-bond donors (Lipinski definition) is 1. The predicted molar refractivity (Wildman–Crippen MR) is 159 cm³/mol. The summed E-state index contributed by atoms with van der Waals surface area (Å²) in [5.74, 6) is 1.50. The van der Waals surface area contributed by atoms with Gasteiger partial charge in [0.25, 0.3) is 5.91 Å². The molecule has 4 heterocycles. The van der Waals surface area contributed by atoms with Crippen molar-refractivity contribution in [2.45, 2.75) is 51.1 Å². The van der Waals surface area contributed by atoms with Crippen LogP contribution in [0.5, 0.6) is 17.2 Å². The fraction of sp³-hybridized carbons (Fsp3) is 0.452. The Morgan fingerprint density at radius 2 is 1.76 bits per heavy atom. The zero-order chi connectivity index (χ0) is 30.4. The van der Waals surface area contributed by atoms with Gasteiger partial charge in [0.15, 0.2) is 0 Å². The molecule has 1 fully saturated rings. The van der Waals surface area contributed by atoms with Gasteiger partial charge in [0, 0.05) is 65.9 Å². The molecule has 2 amide bonds. The summed E-state index contributed by atoms with van der Waals surface area (Å²) in [6.45, 7) is 7.54. The molecule has 3 aromatic rings. The molecule has 224 valence electrons. The number of amides is 2. The zero-order valence-electron chi connectivity index (χ0n) is 24.9. The van der Waals surface area contributed by atoms with Crippen molar-refractivity contribution < 1.29 is 28.9 Å². The van der Waals surface area contributed by atoms with E-state index in [0.717, 1.165) is 23.4 Å². The van der Waals surface area contributed by atoms with Gasteiger partial charge >= 0.3 is 6.09 Å². The Labute approximate surface area is 250 Å². The lowest BCUT2D eigenvalue weighted by Gasteiger charge is -2.49. The van der Waals surface area contributed by atoms with Crippen molar-refractivity contribution in [1.29, 1.82) is 0 Å². The van der Waals surface area contributed by atoms with Gasteiger partial charge in [-0.1, -0.05) is 11.6 Å². The molecule has 2 aliphatic heterocycles. The van der Waals surface area contributed by atoms with Crippen LogP contribution in [0.25, 0.3) is 11.3 Å². The topological polar surface area (TPSA) is 106 Å². The minimum absolute atomic E-state index is 0.146. The summed E-state index contributed by atoms with van der Waals surface area (Å²) in [5, 5.41) is 10.4. The van der Waals surface area contributed by atoms with Crippen molar-refractivity contribution in [3.63, 3.8) is 0 Å². The van der Waals surface area contributed by atoms with Gasteiger partial charge in [-0.05, 0) is 51.8 Å². The number of pyridine rings is 1. The van der Waals surface area contributed by atoms with Crippen molar-refractivity contribution in [3.8, 4) is 28.5 Å². The molecule has 2 aromatic heterocycles. The van der Waals surface area contributed by atoms with Gasteiger partial charge in [-0.15, -0.1) is 0 Å². The molecule has 1 spiro atoms. The van der Waals surface area contributed by atoms with Crippen LogP contribution < -0.4 is 14.2 Å². The van der Waals surface area contributed by atoms with E-state index in [1.54, 1.807) is 50.6 Å². The summed E-state index contributed by atoms with van der Waals surface area (Å²) in [4.78, 5) is 34.1. The molecular formula is C31H37ClN4O6. The molecule has 1 aromatic carbocycles. The number of aromatic nitrogens is 2. The van der Waals surface area contributed by atoms with E-state index in [2.05, 4.69) is 30.3 Å². The number of fused-ring (bicyclic) bond motifs is 2. The lowest BCUT2D eigenvalue weighted by molar-refractivity contribution is 0.0506. The highest BCUT2D eigenvalue weighted by Gasteiger charge is 2.50. The summed E-state index contributed by atoms with van der Waals surface area (Å²) in [5.41, 5.74) is 2.71. The van der Waals surface area contributed by atoms with Crippen molar-refractivity contribution in [2.24, 2.45) is 0 Å². The van der Waals surface area contributed by atoms with Gasteiger partial charge in [-0.3, -0.25) is 4.79 Å². The number of benzene rings is 1. The van der Waals surface area contributed by atoms with Crippen LogP contribution in [0.2, 0.25) is 5.15 Å². The van der Waals surface area contributed by atoms with Crippen molar-refractivity contribution >= 4 is 23.6 Å². The molecule has 0 aliphatic carbocycles. The Morgan fingerprint density at radius 3 is 2.33 bits per heavy atom. The lowest BCUT2D eigenvalue weighted by Crippen LogP contribution is -2.58. The number of rotatable bonds is 6. The minimum Gasteiger partial charge on any atom is -0.496 e. The van der Waals surface area contributed by atoms with E-state index in [9.17, 15) is 14.7 Å². The highest BCUT2D eigenvalue weighted by atomic mass is 35.5. The molecule has 1 N–H and O–H groups in total. The van der Waals surface area contributed by atoms with E-state index in [1.807, 2.05) is 12.1 Å². The summed E-state index contributed by atoms with van der Waals surface area (Å²) >= 11 is 6.30. The number of carboxylic acid groups (broad SMARTS) is 1. The molecule has 0 bridgehead atoms. The first kappa shape index (κ1) is 29.6. The Kier molecular flexibility index (Phi) is 7.78. The smallest absolute Gasteiger partial charge is 0.407 e. The normalized spacial score (nSPS) is 18.7. The number of methoxy groups -OCH3 is 3. The van der Waals surface area contributed by atoms with Gasteiger partial charge in [0.1, 0.15) is 22.4 Å². The summed E-state index contributed by atoms with van der Waals surface area (Å²) < 4.78 is 19.0. The third kappa shape index (κ3) is 5.12. The molecule has 42 heavy (non-hydrogen) atoms. The second-order valence-corrected chi connectivity index (χ2v) is 12.3. The van der Waals surface area contributed by atoms with Crippen LogP contribution in [0.3, 0.4) is 0 Å². The van der Waals surface area contributed by atoms with E-state index in [-0.39, 0.29) is 19.0 Å². The maximum atomic E-state index is 14.4. The van der Waals surface area contributed by atoms with Crippen LogP contribution in [-0.4, -0.2) is 77.4 Å². The molecular weight excluding hydrogens is 560 g/mol. The molecule has 1 unspecified atom stereocenters. The molecule has 1 atom stereocenters. The van der Waals surface area contributed by atoms with Crippen LogP contribution in [0.4, 0.5) is 4.79 Å². The second-order valence-electron chi connectivity index (χ2n) is 11.9. The van der Waals surface area contributed by atoms with E-state index in [1.165, 1.54) is 4.90 Å². The highest BCUT2D eigenvalue weighted by Crippen LogP contribution is 2.47. The van der Waals surface area contributed by atoms with Crippen molar-refractivity contribution in [3.05, 3.63) is 58.5 Å². The standard InChI is InChI=1S/C31H37ClN4O6/c1-30(2,3)36-23(19-8-10-33-26(32)12-19)15-21-27(36)31(9-7-11-34(17-31)29(38)39)18-35(28(21)37)16-22-24(41-5)13-20(40-4)14-25(22)42-6/h8,10,12-15H,7,9,11,16-18H2,1-6H3,(H,38,39). The maximum Gasteiger partial charge on any atom is 0.407 e. The monoisotopic (exact) mass is 596 g/mol. The van der Waals surface area contributed by atoms with Gasteiger partial charge < -0.3 is 33.7 Å². The van der Waals surface area contributed by atoms with Crippen molar-refractivity contribution in [1.82, 2.24) is 19.4 Å². The first-order chi connectivity index (χ1) is 19.9. The van der Waals surface area contributed by atoms with E-state index < -0.39 is 17.0 Å². The third-order valence-corrected chi connectivity index (χ3v) is 8.43. The zero-order valence-corrected chi connectivity index (χ0v) is 25.6. The number of hydrogen-bond acceptors (Lipinski definition) is 6. The van der Waals surface area contributed by atoms with Crippen LogP contribution in [0, 0.1) is 0 Å². The Hall–Kier alpha value is -3.92. The average Bonchev–Trinajstić information content (AvgIpc) is 3.39. The number of carbonyl (C=O) groups excluding carboxylic acids is 1. The maximum absolute atomic E-state index is 14.4. The molecule has 10 nitrogen and oxygen atoms in total. The summed E-state index contributed by atoms with van der Waals surface area (Å²) in [6, 6.07) is 9.12. The number of likely N-dealkylation sites (tertiary alicyclic amines) is 1. The van der Waals surface area contributed by atoms with Gasteiger partial charge in [0.05, 0.1) is 39.0 Å². The molecule has 2 aliphatic rings. The molecule has 11 heteroatoms. The fourth-order valence-corrected chi connectivity index (χ4v) is 6.69. The molecule has 0 radical (unpaired) electrons. The number of piperidine rings is 1. The van der Waals surface area contributed by atoms with Crippen LogP contribution >= 0.6 is 11.6 Å². The number of nitrogens with zero attached hydrogens (tertiary/aromatic N) is 4. The van der Waals surface area contributed by atoms with Crippen LogP contribution in [0.1, 0.15) is 55.2 Å². The first-order valence-corrected chi connectivity index (χ1v) is 14.2. The lowest BCUT2D eigenvalue weighted by atomic mass is 9.72. The number of carbonyl (C=O) groups is 2. The first-order valence-electron chi connectivity index (χ1n) is 13.9. The third-order valence-electron chi connectivity index (χ3n) is 8.22. The van der Waals surface area contributed by atoms with E-state index >= 15 is 0 Å². The second kappa shape index (κ2) is 11.1. The van der Waals surface area contributed by atoms with E-state index in [4.69, 9.17) is 25.8 Å². The summed E-state index contributed by atoms with van der Waals surface area (Å²) in [6.07, 6.45) is 2.08. The van der Waals surface area contributed by atoms with Crippen LogP contribution in [-0.2, 0) is 17.5 Å². The van der Waals surface area contributed by atoms with E-state index in [0.29, 0.717) is 53.0 Å². The fourth-order valence-electron chi connectivity index (χ4n) is 6.52. The summed E-state index contributed by atoms with van der Waals surface area (Å²) in [7, 11) is 4.70. The molecule has 5 rings (SSSR count). The largest absolute Gasteiger partial charge is 0.496 e. The molecule has 0 saturated carbocycles. The average molecular weight is 597 g/mol. The van der Waals surface area contributed by atoms with Crippen molar-refractivity contribution in [2.75, 3.05) is 41.0 Å². The van der Waals surface area contributed by atoms with Gasteiger partial charge in [0.2, 0.25) is 0 Å². The Bertz CT molecular complexity index is 1510. The molecule has 1 saturated heterocycles. The number of ether oxygens (including phenoxy) is 3. The van der Waals surface area contributed by atoms with Gasteiger partial charge in [-0.25, -0.2) is 9.78 Å². The predicted octanol–water partition coefficient (Wildman–Crippen LogP) is 5.65. The quantitative estimate of drug-likeness (QED) is 0.366. The Balaban J connectivity index is 1.72. The van der Waals surface area contributed by atoms with Crippen LogP contribution in [0.15, 0.2) is 36.5 Å². The minimum atomic E-state index is -0.965. The SMILES string of the molecule is COc1cc(OC)c(CN2CC3(CCCN(C(=O)O)C3)c3c(cc(-c4ccnc(Cl)c4)n3C(C)(C)C)C2=O)c(OC)c1. The number of halogens is 1. The highest BCUT2D eigenvalue weighted by molar-refractivity contribution is 6.29. The Morgan fingerprint density at radius 1 is 1.07 bits per heavy atom.